The van der Waals surface area contributed by atoms with Gasteiger partial charge in [-0.25, -0.2) is 4.79 Å². The predicted octanol–water partition coefficient (Wildman–Crippen LogP) is 4.55. The van der Waals surface area contributed by atoms with Gasteiger partial charge in [0.25, 0.3) is 0 Å². The van der Waals surface area contributed by atoms with Crippen molar-refractivity contribution in [2.75, 3.05) is 0 Å². The standard InChI is InChI=1S/C26H26N2O4/c1-18(14-25(29)30)21-9-11-22(12-10-21)32-17-20-8-13-23-24(15-20)27(2)26(31)28(23)16-19-6-4-3-5-7-19/h3-13,15,18H,14,16-17H2,1-2H3,(H,29,30). The number of nitrogens with zero attached hydrogens (tertiary/aromatic N) is 2. The van der Waals surface area contributed by atoms with E-state index in [1.165, 1.54) is 0 Å². The summed E-state index contributed by atoms with van der Waals surface area (Å²) in [4.78, 5) is 23.7. The lowest BCUT2D eigenvalue weighted by molar-refractivity contribution is -0.137. The fourth-order valence-corrected chi connectivity index (χ4v) is 3.90. The number of ether oxygens (including phenoxy) is 1. The highest BCUT2D eigenvalue weighted by molar-refractivity contribution is 5.77. The van der Waals surface area contributed by atoms with Gasteiger partial charge in [0.15, 0.2) is 0 Å². The molecule has 1 unspecified atom stereocenters. The molecule has 3 aromatic carbocycles. The minimum atomic E-state index is -0.805. The van der Waals surface area contributed by atoms with Gasteiger partial charge >= 0.3 is 11.7 Å². The Morgan fingerprint density at radius 3 is 2.38 bits per heavy atom. The summed E-state index contributed by atoms with van der Waals surface area (Å²) in [6, 6.07) is 23.4. The molecule has 0 saturated heterocycles. The summed E-state index contributed by atoms with van der Waals surface area (Å²) < 4.78 is 9.37. The first-order chi connectivity index (χ1) is 15.4. The van der Waals surface area contributed by atoms with E-state index >= 15 is 0 Å². The van der Waals surface area contributed by atoms with Gasteiger partial charge in [-0.05, 0) is 46.9 Å². The van der Waals surface area contributed by atoms with Crippen LogP contribution in [0.2, 0.25) is 0 Å². The fourth-order valence-electron chi connectivity index (χ4n) is 3.90. The Balaban J connectivity index is 1.49. The quantitative estimate of drug-likeness (QED) is 0.445. The summed E-state index contributed by atoms with van der Waals surface area (Å²) in [5.41, 5.74) is 4.72. The summed E-state index contributed by atoms with van der Waals surface area (Å²) in [5.74, 6) is -0.141. The number of carbonyl (C=O) groups is 1. The third kappa shape index (κ3) is 4.59. The highest BCUT2D eigenvalue weighted by Gasteiger charge is 2.13. The molecule has 164 valence electrons. The van der Waals surface area contributed by atoms with Crippen LogP contribution in [0.1, 0.15) is 36.0 Å². The Morgan fingerprint density at radius 2 is 1.69 bits per heavy atom. The number of aryl methyl sites for hydroxylation is 1. The smallest absolute Gasteiger partial charge is 0.329 e. The highest BCUT2D eigenvalue weighted by atomic mass is 16.5. The average molecular weight is 431 g/mol. The van der Waals surface area contributed by atoms with Crippen LogP contribution in [-0.4, -0.2) is 20.2 Å². The summed E-state index contributed by atoms with van der Waals surface area (Å²) >= 11 is 0. The Hall–Kier alpha value is -3.80. The SMILES string of the molecule is CC(CC(=O)O)c1ccc(OCc2ccc3c(c2)n(C)c(=O)n3Cc2ccccc2)cc1. The summed E-state index contributed by atoms with van der Waals surface area (Å²) in [6.07, 6.45) is 0.100. The maximum Gasteiger partial charge on any atom is 0.329 e. The van der Waals surface area contributed by atoms with E-state index in [1.54, 1.807) is 16.2 Å². The number of imidazole rings is 1. The van der Waals surface area contributed by atoms with Crippen LogP contribution >= 0.6 is 0 Å². The molecule has 1 aromatic heterocycles. The second-order valence-electron chi connectivity index (χ2n) is 8.09. The highest BCUT2D eigenvalue weighted by Crippen LogP contribution is 2.23. The number of fused-ring (bicyclic) bond motifs is 1. The van der Waals surface area contributed by atoms with Crippen LogP contribution in [0.25, 0.3) is 11.0 Å². The van der Waals surface area contributed by atoms with Crippen LogP contribution in [0, 0.1) is 0 Å². The van der Waals surface area contributed by atoms with Crippen LogP contribution in [-0.2, 0) is 25.0 Å². The van der Waals surface area contributed by atoms with Gasteiger partial charge in [0.1, 0.15) is 12.4 Å². The van der Waals surface area contributed by atoms with E-state index in [0.29, 0.717) is 18.9 Å². The zero-order chi connectivity index (χ0) is 22.7. The summed E-state index contributed by atoms with van der Waals surface area (Å²) in [6.45, 7) is 2.80. The molecular weight excluding hydrogens is 404 g/mol. The number of aromatic nitrogens is 2. The Kier molecular flexibility index (Phi) is 6.12. The van der Waals surface area contributed by atoms with Crippen molar-refractivity contribution in [1.29, 1.82) is 0 Å². The molecule has 0 aliphatic heterocycles. The normalized spacial score (nSPS) is 12.1. The molecule has 6 nitrogen and oxygen atoms in total. The van der Waals surface area contributed by atoms with Gasteiger partial charge in [0, 0.05) is 7.05 Å². The van der Waals surface area contributed by atoms with Crippen LogP contribution < -0.4 is 10.4 Å². The van der Waals surface area contributed by atoms with Gasteiger partial charge in [-0.2, -0.15) is 0 Å². The van der Waals surface area contributed by atoms with Crippen molar-refractivity contribution in [1.82, 2.24) is 9.13 Å². The molecule has 0 amide bonds. The van der Waals surface area contributed by atoms with Crippen molar-refractivity contribution in [3.05, 3.63) is 100.0 Å². The molecule has 0 spiro atoms. The number of aliphatic carboxylic acids is 1. The zero-order valence-corrected chi connectivity index (χ0v) is 18.2. The monoisotopic (exact) mass is 430 g/mol. The van der Waals surface area contributed by atoms with Gasteiger partial charge in [-0.15, -0.1) is 0 Å². The van der Waals surface area contributed by atoms with Crippen molar-refractivity contribution >= 4 is 17.0 Å². The van der Waals surface area contributed by atoms with Gasteiger partial charge in [-0.1, -0.05) is 55.5 Å². The first-order valence-electron chi connectivity index (χ1n) is 10.6. The van der Waals surface area contributed by atoms with E-state index in [0.717, 1.165) is 27.7 Å². The lowest BCUT2D eigenvalue weighted by atomic mass is 9.98. The summed E-state index contributed by atoms with van der Waals surface area (Å²) in [5, 5.41) is 8.95. The lowest BCUT2D eigenvalue weighted by Gasteiger charge is -2.11. The molecule has 1 heterocycles. The maximum atomic E-state index is 12.8. The molecule has 0 aliphatic rings. The molecule has 1 atom stereocenters. The van der Waals surface area contributed by atoms with Crippen LogP contribution in [0.3, 0.4) is 0 Å². The molecule has 0 bridgehead atoms. The second kappa shape index (κ2) is 9.14. The van der Waals surface area contributed by atoms with Crippen molar-refractivity contribution in [3.8, 4) is 5.75 Å². The number of rotatable bonds is 8. The summed E-state index contributed by atoms with van der Waals surface area (Å²) in [7, 11) is 1.79. The third-order valence-electron chi connectivity index (χ3n) is 5.73. The van der Waals surface area contributed by atoms with Gasteiger partial charge in [-0.3, -0.25) is 13.9 Å². The van der Waals surface area contributed by atoms with Crippen molar-refractivity contribution in [2.24, 2.45) is 7.05 Å². The number of hydrogen-bond donors (Lipinski definition) is 1. The second-order valence-corrected chi connectivity index (χ2v) is 8.09. The zero-order valence-electron chi connectivity index (χ0n) is 18.2. The molecule has 32 heavy (non-hydrogen) atoms. The molecule has 1 N–H and O–H groups in total. The van der Waals surface area contributed by atoms with E-state index in [1.807, 2.05) is 79.7 Å². The maximum absolute atomic E-state index is 12.8. The van der Waals surface area contributed by atoms with Gasteiger partial charge in [0.2, 0.25) is 0 Å². The molecule has 4 aromatic rings. The number of carboxylic acid groups (broad SMARTS) is 1. The van der Waals surface area contributed by atoms with Gasteiger partial charge in [0.05, 0.1) is 24.0 Å². The molecule has 0 radical (unpaired) electrons. The molecular formula is C26H26N2O4. The number of hydrogen-bond acceptors (Lipinski definition) is 3. The largest absolute Gasteiger partial charge is 0.489 e. The fraction of sp³-hybridized carbons (Fsp3) is 0.231. The molecule has 6 heteroatoms. The Bertz CT molecular complexity index is 1290. The minimum Gasteiger partial charge on any atom is -0.489 e. The molecule has 0 saturated carbocycles. The molecule has 0 aliphatic carbocycles. The number of benzene rings is 3. The first-order valence-corrected chi connectivity index (χ1v) is 10.6. The minimum absolute atomic E-state index is 0.0482. The third-order valence-corrected chi connectivity index (χ3v) is 5.73. The molecule has 0 fully saturated rings. The Morgan fingerprint density at radius 1 is 0.969 bits per heavy atom. The van der Waals surface area contributed by atoms with Crippen molar-refractivity contribution in [2.45, 2.75) is 32.4 Å². The first kappa shape index (κ1) is 21.4. The van der Waals surface area contributed by atoms with Gasteiger partial charge < -0.3 is 9.84 Å². The van der Waals surface area contributed by atoms with Crippen LogP contribution in [0.5, 0.6) is 5.75 Å². The van der Waals surface area contributed by atoms with Crippen LogP contribution in [0.4, 0.5) is 0 Å². The topological polar surface area (TPSA) is 73.5 Å². The molecule has 4 rings (SSSR count). The van der Waals surface area contributed by atoms with E-state index in [-0.39, 0.29) is 18.0 Å². The van der Waals surface area contributed by atoms with Crippen molar-refractivity contribution in [3.63, 3.8) is 0 Å². The van der Waals surface area contributed by atoms with Crippen molar-refractivity contribution < 1.29 is 14.6 Å². The van der Waals surface area contributed by atoms with Crippen LogP contribution in [0.15, 0.2) is 77.6 Å². The van der Waals surface area contributed by atoms with E-state index in [9.17, 15) is 9.59 Å². The lowest BCUT2D eigenvalue weighted by Crippen LogP contribution is -2.22. The van der Waals surface area contributed by atoms with E-state index in [2.05, 4.69) is 0 Å². The average Bonchev–Trinajstić information content (AvgIpc) is 3.03. The van der Waals surface area contributed by atoms with E-state index in [4.69, 9.17) is 9.84 Å². The van der Waals surface area contributed by atoms with E-state index < -0.39 is 5.97 Å². The number of carboxylic acids is 1. The predicted molar refractivity (Wildman–Crippen MR) is 124 cm³/mol. The Labute approximate surface area is 186 Å².